The van der Waals surface area contributed by atoms with E-state index in [1.54, 1.807) is 12.1 Å². The molecule has 8 heteroatoms. The van der Waals surface area contributed by atoms with Crippen LogP contribution in [0.3, 0.4) is 0 Å². The average molecular weight is 342 g/mol. The summed E-state index contributed by atoms with van der Waals surface area (Å²) in [4.78, 5) is 14.8. The van der Waals surface area contributed by atoms with Gasteiger partial charge in [0.05, 0.1) is 6.54 Å². The molecule has 24 heavy (non-hydrogen) atoms. The van der Waals surface area contributed by atoms with Crippen molar-refractivity contribution in [3.8, 4) is 11.5 Å². The van der Waals surface area contributed by atoms with Crippen LogP contribution in [0.15, 0.2) is 18.2 Å². The maximum absolute atomic E-state index is 13.2. The number of nitrogens with zero attached hydrogens (tertiary/aromatic N) is 2. The first-order valence-corrected chi connectivity index (χ1v) is 7.86. The Hall–Kier alpha value is -1.93. The number of hydrogen-bond donors (Lipinski definition) is 1. The van der Waals surface area contributed by atoms with Crippen LogP contribution < -0.4 is 9.47 Å². The van der Waals surface area contributed by atoms with Gasteiger partial charge in [-0.05, 0) is 39.0 Å². The van der Waals surface area contributed by atoms with E-state index < -0.39 is 12.3 Å². The van der Waals surface area contributed by atoms with E-state index in [-0.39, 0.29) is 24.1 Å². The molecule has 0 amide bonds. The number of hydrogen-bond acceptors (Lipinski definition) is 5. The maximum atomic E-state index is 13.2. The van der Waals surface area contributed by atoms with Crippen LogP contribution in [0.2, 0.25) is 0 Å². The molecule has 6 nitrogen and oxygen atoms in total. The Morgan fingerprint density at radius 2 is 2.08 bits per heavy atom. The quantitative estimate of drug-likeness (QED) is 0.883. The molecule has 1 aromatic rings. The fraction of sp³-hybridized carbons (Fsp3) is 0.562. The summed E-state index contributed by atoms with van der Waals surface area (Å²) in [6, 6.07) is 5.12. The van der Waals surface area contributed by atoms with E-state index in [0.717, 1.165) is 25.9 Å². The molecule has 3 rings (SSSR count). The molecule has 1 N–H and O–H groups in total. The van der Waals surface area contributed by atoms with Gasteiger partial charge in [0.2, 0.25) is 0 Å². The van der Waals surface area contributed by atoms with E-state index in [1.807, 2.05) is 11.9 Å². The van der Waals surface area contributed by atoms with Crippen molar-refractivity contribution in [1.82, 2.24) is 9.80 Å². The molecule has 2 heterocycles. The second-order valence-corrected chi connectivity index (χ2v) is 6.23. The van der Waals surface area contributed by atoms with Crippen LogP contribution in [0.4, 0.5) is 8.78 Å². The first-order chi connectivity index (χ1) is 11.3. The number of likely N-dealkylation sites (tertiary alicyclic amines) is 1. The summed E-state index contributed by atoms with van der Waals surface area (Å²) in [6.07, 6.45) is -1.93. The Balaban J connectivity index is 1.58. The lowest BCUT2D eigenvalue weighted by molar-refractivity contribution is -0.287. The largest absolute Gasteiger partial charge is 0.586 e. The van der Waals surface area contributed by atoms with Crippen molar-refractivity contribution in [2.45, 2.75) is 31.7 Å². The highest BCUT2D eigenvalue weighted by molar-refractivity contribution is 5.69. The molecule has 1 aromatic carbocycles. The summed E-state index contributed by atoms with van der Waals surface area (Å²) in [5.41, 5.74) is 0.669. The first-order valence-electron chi connectivity index (χ1n) is 7.86. The van der Waals surface area contributed by atoms with Crippen LogP contribution in [-0.4, -0.2) is 59.9 Å². The topological polar surface area (TPSA) is 62.2 Å². The number of carboxylic acids is 1. The molecule has 0 bridgehead atoms. The Labute approximate surface area is 138 Å². The van der Waals surface area contributed by atoms with Crippen molar-refractivity contribution >= 4 is 5.97 Å². The molecule has 132 valence electrons. The lowest BCUT2D eigenvalue weighted by Gasteiger charge is -2.36. The Bertz CT molecular complexity index is 618. The van der Waals surface area contributed by atoms with Crippen LogP contribution >= 0.6 is 0 Å². The van der Waals surface area contributed by atoms with E-state index in [0.29, 0.717) is 12.1 Å². The van der Waals surface area contributed by atoms with E-state index >= 15 is 0 Å². The van der Waals surface area contributed by atoms with Crippen LogP contribution in [0.1, 0.15) is 18.4 Å². The summed E-state index contributed by atoms with van der Waals surface area (Å²) >= 11 is 0. The van der Waals surface area contributed by atoms with Crippen molar-refractivity contribution in [3.05, 3.63) is 23.8 Å². The molecule has 0 aromatic heterocycles. The van der Waals surface area contributed by atoms with Crippen molar-refractivity contribution in [2.24, 2.45) is 0 Å². The number of benzene rings is 1. The molecule has 0 radical (unpaired) electrons. The van der Waals surface area contributed by atoms with Gasteiger partial charge < -0.3 is 14.6 Å². The zero-order valence-corrected chi connectivity index (χ0v) is 13.4. The fourth-order valence-corrected chi connectivity index (χ4v) is 3.25. The maximum Gasteiger partial charge on any atom is 0.586 e. The van der Waals surface area contributed by atoms with Gasteiger partial charge in [0.1, 0.15) is 0 Å². The van der Waals surface area contributed by atoms with Crippen molar-refractivity contribution in [3.63, 3.8) is 0 Å². The van der Waals surface area contributed by atoms with Gasteiger partial charge in [0.15, 0.2) is 11.5 Å². The molecule has 0 unspecified atom stereocenters. The Morgan fingerprint density at radius 3 is 2.75 bits per heavy atom. The Morgan fingerprint density at radius 1 is 1.38 bits per heavy atom. The number of carbonyl (C=O) groups is 1. The van der Waals surface area contributed by atoms with Gasteiger partial charge in [-0.1, -0.05) is 12.1 Å². The average Bonchev–Trinajstić information content (AvgIpc) is 2.82. The molecule has 1 fully saturated rings. The highest BCUT2D eigenvalue weighted by atomic mass is 19.3. The highest BCUT2D eigenvalue weighted by Gasteiger charge is 2.44. The number of fused-ring (bicyclic) bond motifs is 1. The predicted octanol–water partition coefficient (Wildman–Crippen LogP) is 1.99. The van der Waals surface area contributed by atoms with E-state index in [9.17, 15) is 13.6 Å². The van der Waals surface area contributed by atoms with Gasteiger partial charge >= 0.3 is 12.3 Å². The summed E-state index contributed by atoms with van der Waals surface area (Å²) < 4.78 is 35.5. The summed E-state index contributed by atoms with van der Waals surface area (Å²) in [7, 11) is 1.81. The summed E-state index contributed by atoms with van der Waals surface area (Å²) in [5, 5.41) is 8.85. The third kappa shape index (κ3) is 3.76. The number of ether oxygens (including phenoxy) is 2. The van der Waals surface area contributed by atoms with Gasteiger partial charge in [0, 0.05) is 18.2 Å². The second-order valence-electron chi connectivity index (χ2n) is 6.23. The monoisotopic (exact) mass is 342 g/mol. The molecular weight excluding hydrogens is 322 g/mol. The van der Waals surface area contributed by atoms with Crippen molar-refractivity contribution < 1.29 is 28.2 Å². The van der Waals surface area contributed by atoms with Crippen LogP contribution in [0, 0.1) is 0 Å². The minimum absolute atomic E-state index is 0.0249. The third-order valence-corrected chi connectivity index (χ3v) is 4.47. The number of aliphatic carboxylic acids is 1. The number of likely N-dealkylation sites (N-methyl/N-ethyl adjacent to an activating group) is 1. The SMILES string of the molecule is CN(CC(=O)O)C1CCN(Cc2cccc3c2OC(F)(F)O3)CC1. The van der Waals surface area contributed by atoms with Gasteiger partial charge in [-0.3, -0.25) is 14.6 Å². The van der Waals surface area contributed by atoms with Crippen LogP contribution in [0.5, 0.6) is 11.5 Å². The normalized spacial score (nSPS) is 20.5. The first kappa shape index (κ1) is 16.9. The van der Waals surface area contributed by atoms with Gasteiger partial charge in [0.25, 0.3) is 0 Å². The smallest absolute Gasteiger partial charge is 0.480 e. The number of halogens is 2. The zero-order chi connectivity index (χ0) is 17.3. The minimum atomic E-state index is -3.61. The summed E-state index contributed by atoms with van der Waals surface area (Å²) in [6.45, 7) is 2.07. The fourth-order valence-electron chi connectivity index (χ4n) is 3.25. The number of alkyl halides is 2. The van der Waals surface area contributed by atoms with Gasteiger partial charge in [-0.15, -0.1) is 8.78 Å². The Kier molecular flexibility index (Phi) is 4.60. The third-order valence-electron chi connectivity index (χ3n) is 4.47. The predicted molar refractivity (Wildman–Crippen MR) is 81.2 cm³/mol. The van der Waals surface area contributed by atoms with Crippen molar-refractivity contribution in [1.29, 1.82) is 0 Å². The molecule has 1 saturated heterocycles. The van der Waals surface area contributed by atoms with Crippen LogP contribution in [-0.2, 0) is 11.3 Å². The molecule has 0 aliphatic carbocycles. The molecule has 0 saturated carbocycles. The minimum Gasteiger partial charge on any atom is -0.480 e. The van der Waals surface area contributed by atoms with Crippen LogP contribution in [0.25, 0.3) is 0 Å². The molecule has 0 atom stereocenters. The van der Waals surface area contributed by atoms with E-state index in [4.69, 9.17) is 5.11 Å². The molecule has 2 aliphatic heterocycles. The zero-order valence-electron chi connectivity index (χ0n) is 13.4. The number of piperidine rings is 1. The molecule has 2 aliphatic rings. The van der Waals surface area contributed by atoms with Gasteiger partial charge in [-0.25, -0.2) is 0 Å². The standard InChI is InChI=1S/C16H20F2N2O4/c1-19(10-14(21)22)12-5-7-20(8-6-12)9-11-3-2-4-13-15(11)24-16(17,18)23-13/h2-4,12H,5-10H2,1H3,(H,21,22). The van der Waals surface area contributed by atoms with E-state index in [2.05, 4.69) is 14.4 Å². The number of rotatable bonds is 5. The van der Waals surface area contributed by atoms with E-state index in [1.165, 1.54) is 6.07 Å². The molecular formula is C16H20F2N2O4. The second kappa shape index (κ2) is 6.52. The highest BCUT2D eigenvalue weighted by Crippen LogP contribution is 2.43. The number of para-hydroxylation sites is 1. The lowest BCUT2D eigenvalue weighted by atomic mass is 10.0. The summed E-state index contributed by atoms with van der Waals surface area (Å²) in [5.74, 6) is -0.668. The number of carboxylic acid groups (broad SMARTS) is 1. The van der Waals surface area contributed by atoms with Crippen molar-refractivity contribution in [2.75, 3.05) is 26.7 Å². The van der Waals surface area contributed by atoms with Gasteiger partial charge in [-0.2, -0.15) is 0 Å². The molecule has 0 spiro atoms. The lowest BCUT2D eigenvalue weighted by Crippen LogP contribution is -2.44.